The van der Waals surface area contributed by atoms with E-state index in [1.807, 2.05) is 6.07 Å². The molecule has 5 nitrogen and oxygen atoms in total. The molecule has 2 aromatic heterocycles. The van der Waals surface area contributed by atoms with Crippen molar-refractivity contribution in [3.8, 4) is 10.6 Å². The van der Waals surface area contributed by atoms with Crippen LogP contribution in [0.15, 0.2) is 53.1 Å². The number of oxazole rings is 1. The maximum Gasteiger partial charge on any atom is 0.348 e. The Kier molecular flexibility index (Phi) is 9.50. The van der Waals surface area contributed by atoms with Gasteiger partial charge >= 0.3 is 5.97 Å². The second-order valence-electron chi connectivity index (χ2n) is 10.5. The van der Waals surface area contributed by atoms with E-state index in [-0.39, 0.29) is 17.1 Å². The van der Waals surface area contributed by atoms with Gasteiger partial charge in [0.25, 0.3) is 0 Å². The number of aryl methyl sites for hydroxylation is 1. The van der Waals surface area contributed by atoms with Crippen LogP contribution < -0.4 is 0 Å². The van der Waals surface area contributed by atoms with Crippen molar-refractivity contribution < 1.29 is 18.4 Å². The zero-order chi connectivity index (χ0) is 25.5. The number of esters is 1. The lowest BCUT2D eigenvalue weighted by molar-refractivity contribution is 0.0606. The number of benzene rings is 1. The summed E-state index contributed by atoms with van der Waals surface area (Å²) in [5.41, 5.74) is 1.41. The minimum atomic E-state index is -2.01. The van der Waals surface area contributed by atoms with Gasteiger partial charge in [0.1, 0.15) is 11.0 Å². The second-order valence-corrected chi connectivity index (χ2v) is 16.4. The van der Waals surface area contributed by atoms with Gasteiger partial charge in [-0.05, 0) is 55.1 Å². The summed E-state index contributed by atoms with van der Waals surface area (Å²) in [5.74, 6) is 0.946. The predicted octanol–water partition coefficient (Wildman–Crippen LogP) is 8.45. The highest BCUT2D eigenvalue weighted by Crippen LogP contribution is 2.41. The number of rotatable bonds is 12. The summed E-state index contributed by atoms with van der Waals surface area (Å²) in [5, 5.41) is 0.0968. The van der Waals surface area contributed by atoms with E-state index in [9.17, 15) is 4.79 Å². The molecule has 0 N–H and O–H groups in total. The average molecular weight is 514 g/mol. The highest BCUT2D eigenvalue weighted by Gasteiger charge is 2.40. The lowest BCUT2D eigenvalue weighted by Gasteiger charge is -2.38. The lowest BCUT2D eigenvalue weighted by Crippen LogP contribution is -2.41. The fraction of sp³-hybridized carbons (Fsp3) is 0.500. The summed E-state index contributed by atoms with van der Waals surface area (Å²) >= 11 is 1.35. The molecule has 2 heterocycles. The third-order valence-electron chi connectivity index (χ3n) is 6.80. The molecule has 0 aliphatic carbocycles. The van der Waals surface area contributed by atoms with E-state index in [4.69, 9.17) is 13.6 Å². The Morgan fingerprint density at radius 1 is 1.06 bits per heavy atom. The predicted molar refractivity (Wildman–Crippen MR) is 145 cm³/mol. The van der Waals surface area contributed by atoms with E-state index in [0.29, 0.717) is 16.5 Å². The van der Waals surface area contributed by atoms with Crippen molar-refractivity contribution in [3.63, 3.8) is 0 Å². The molecule has 0 saturated carbocycles. The molecule has 0 aliphatic rings. The van der Waals surface area contributed by atoms with E-state index in [0.717, 1.165) is 30.6 Å². The quantitative estimate of drug-likeness (QED) is 0.138. The number of carbonyl (C=O) groups excluding carboxylic acids is 1. The van der Waals surface area contributed by atoms with Crippen LogP contribution in [0, 0.1) is 0 Å². The summed E-state index contributed by atoms with van der Waals surface area (Å²) in [6.07, 6.45) is 8.20. The molecule has 190 valence electrons. The van der Waals surface area contributed by atoms with Crippen molar-refractivity contribution in [1.82, 2.24) is 4.98 Å². The first-order chi connectivity index (χ1) is 16.6. The maximum absolute atomic E-state index is 11.8. The Balaban J connectivity index is 1.64. The van der Waals surface area contributed by atoms with Crippen LogP contribution >= 0.6 is 11.3 Å². The molecule has 0 amide bonds. The van der Waals surface area contributed by atoms with Gasteiger partial charge in [0.2, 0.25) is 5.89 Å². The Labute approximate surface area is 215 Å². The lowest BCUT2D eigenvalue weighted by atomic mass is 10.0. The minimum Gasteiger partial charge on any atom is -0.465 e. The Hall–Kier alpha value is -2.22. The maximum atomic E-state index is 11.8. The van der Waals surface area contributed by atoms with Crippen molar-refractivity contribution in [3.05, 3.63) is 65.0 Å². The summed E-state index contributed by atoms with van der Waals surface area (Å²) in [6.45, 7) is 11.3. The molecule has 0 aliphatic heterocycles. The number of hydrogen-bond donors (Lipinski definition) is 0. The van der Waals surface area contributed by atoms with Gasteiger partial charge in [0, 0.05) is 0 Å². The van der Waals surface area contributed by atoms with Crippen LogP contribution in [0.3, 0.4) is 0 Å². The van der Waals surface area contributed by atoms with Gasteiger partial charge in [-0.2, -0.15) is 0 Å². The van der Waals surface area contributed by atoms with Crippen LogP contribution in [0.4, 0.5) is 0 Å². The van der Waals surface area contributed by atoms with Gasteiger partial charge < -0.3 is 13.6 Å². The molecule has 0 spiro atoms. The van der Waals surface area contributed by atoms with Gasteiger partial charge in [-0.1, -0.05) is 70.4 Å². The first-order valence-corrected chi connectivity index (χ1v) is 16.2. The summed E-state index contributed by atoms with van der Waals surface area (Å²) in [6, 6.07) is 14.3. The van der Waals surface area contributed by atoms with E-state index in [1.54, 1.807) is 12.3 Å². The fourth-order valence-corrected chi connectivity index (χ4v) is 5.81. The first-order valence-electron chi connectivity index (χ1n) is 12.5. The van der Waals surface area contributed by atoms with Crippen LogP contribution in [0.25, 0.3) is 10.6 Å². The molecule has 0 radical (unpaired) electrons. The summed E-state index contributed by atoms with van der Waals surface area (Å²) < 4.78 is 17.8. The number of hydrogen-bond acceptors (Lipinski definition) is 6. The molecule has 35 heavy (non-hydrogen) atoms. The molecule has 0 bridgehead atoms. The van der Waals surface area contributed by atoms with E-state index in [1.165, 1.54) is 36.9 Å². The van der Waals surface area contributed by atoms with Gasteiger partial charge in [0.05, 0.1) is 18.2 Å². The second kappa shape index (κ2) is 12.1. The van der Waals surface area contributed by atoms with Gasteiger partial charge in [0.15, 0.2) is 14.1 Å². The zero-order valence-corrected chi connectivity index (χ0v) is 23.7. The monoisotopic (exact) mass is 513 g/mol. The Morgan fingerprint density at radius 3 is 2.46 bits per heavy atom. The minimum absolute atomic E-state index is 0.0968. The van der Waals surface area contributed by atoms with Crippen LogP contribution in [-0.4, -0.2) is 26.4 Å². The molecule has 1 atom stereocenters. The van der Waals surface area contributed by atoms with Crippen LogP contribution in [0.2, 0.25) is 18.1 Å². The van der Waals surface area contributed by atoms with Gasteiger partial charge in [-0.15, -0.1) is 11.3 Å². The zero-order valence-electron chi connectivity index (χ0n) is 21.9. The Bertz CT molecular complexity index is 1070. The highest BCUT2D eigenvalue weighted by molar-refractivity contribution is 7.17. The van der Waals surface area contributed by atoms with Crippen LogP contribution in [0.5, 0.6) is 0 Å². The van der Waals surface area contributed by atoms with Crippen molar-refractivity contribution >= 4 is 25.6 Å². The summed E-state index contributed by atoms with van der Waals surface area (Å²) in [7, 11) is -0.627. The van der Waals surface area contributed by atoms with Crippen molar-refractivity contribution in [2.24, 2.45) is 0 Å². The summed E-state index contributed by atoms with van der Waals surface area (Å²) in [4.78, 5) is 17.8. The van der Waals surface area contributed by atoms with E-state index in [2.05, 4.69) is 69.2 Å². The molecule has 7 heteroatoms. The topological polar surface area (TPSA) is 61.6 Å². The molecular weight excluding hydrogens is 474 g/mol. The fourth-order valence-electron chi connectivity index (χ4n) is 3.65. The van der Waals surface area contributed by atoms with E-state index < -0.39 is 8.32 Å². The molecule has 1 aromatic carbocycles. The van der Waals surface area contributed by atoms with Crippen LogP contribution in [0.1, 0.15) is 80.1 Å². The highest BCUT2D eigenvalue weighted by atomic mass is 32.1. The number of unbranched alkanes of at least 4 members (excludes halogenated alkanes) is 3. The van der Waals surface area contributed by atoms with Crippen molar-refractivity contribution in [2.75, 3.05) is 7.11 Å². The molecule has 3 aromatic rings. The number of ether oxygens (including phenoxy) is 1. The number of carbonyl (C=O) groups is 1. The normalized spacial score (nSPS) is 13.1. The van der Waals surface area contributed by atoms with Crippen LogP contribution in [-0.2, 0) is 15.6 Å². The van der Waals surface area contributed by atoms with E-state index >= 15 is 0 Å². The molecule has 3 rings (SSSR count). The molecule has 1 unspecified atom stereocenters. The number of nitrogens with zero attached hydrogens (tertiary/aromatic N) is 1. The average Bonchev–Trinajstić information content (AvgIpc) is 3.50. The smallest absolute Gasteiger partial charge is 0.348 e. The third kappa shape index (κ3) is 7.63. The molecule has 0 fully saturated rings. The largest absolute Gasteiger partial charge is 0.465 e. The molecular formula is C28H39NO4SSi. The van der Waals surface area contributed by atoms with Gasteiger partial charge in [-0.3, -0.25) is 0 Å². The van der Waals surface area contributed by atoms with Crippen molar-refractivity contribution in [2.45, 2.75) is 83.5 Å². The standard InChI is InChI=1S/C28H39NO4SSi/c1-28(2,3)35(5,6)33-22(17-13-8-7-10-14-21-15-11-9-12-16-21)26-29-20-23(32-26)24-18-19-25(34-24)27(30)31-4/h9,11-12,15-16,18-20,22H,7-8,10,13-14,17H2,1-6H3. The van der Waals surface area contributed by atoms with Gasteiger partial charge in [-0.25, -0.2) is 9.78 Å². The number of aromatic nitrogens is 1. The number of thiophene rings is 1. The van der Waals surface area contributed by atoms with Crippen molar-refractivity contribution in [1.29, 1.82) is 0 Å². The third-order valence-corrected chi connectivity index (χ3v) is 12.4. The Morgan fingerprint density at radius 2 is 1.77 bits per heavy atom. The molecule has 0 saturated heterocycles. The SMILES string of the molecule is COC(=O)c1ccc(-c2cnc(C(CCCCCCc3ccccc3)O[Si](C)(C)C(C)(C)C)o2)s1. The number of methoxy groups -OCH3 is 1. The first kappa shape index (κ1) is 27.4.